The summed E-state index contributed by atoms with van der Waals surface area (Å²) in [5, 5.41) is 0. The Morgan fingerprint density at radius 1 is 0.938 bits per heavy atom. The van der Waals surface area contributed by atoms with Gasteiger partial charge in [0.2, 0.25) is 5.91 Å². The lowest BCUT2D eigenvalue weighted by molar-refractivity contribution is -0.133. The lowest BCUT2D eigenvalue weighted by atomic mass is 10.1. The Balaban J connectivity index is 3.09. The molecule has 1 N–H and O–H groups in total. The first-order chi connectivity index (χ1) is 7.81. The number of carbonyl (C=O) groups excluding carboxylic acids is 1. The van der Waals surface area contributed by atoms with Gasteiger partial charge in [0.15, 0.2) is 0 Å². The van der Waals surface area contributed by atoms with Crippen LogP contribution in [0.3, 0.4) is 0 Å². The molecule has 0 aromatic carbocycles. The van der Waals surface area contributed by atoms with Crippen LogP contribution >= 0.6 is 0 Å². The molecule has 0 aliphatic heterocycles. The van der Waals surface area contributed by atoms with Gasteiger partial charge in [0, 0.05) is 6.42 Å². The second-order valence-corrected chi connectivity index (χ2v) is 4.25. The van der Waals surface area contributed by atoms with E-state index >= 15 is 0 Å². The summed E-state index contributed by atoms with van der Waals surface area (Å²) in [7, 11) is 0. The molecule has 0 aliphatic carbocycles. The van der Waals surface area contributed by atoms with E-state index in [9.17, 15) is 4.79 Å². The van der Waals surface area contributed by atoms with Gasteiger partial charge < -0.3 is 0 Å². The lowest BCUT2D eigenvalue weighted by Gasteiger charge is -2.04. The van der Waals surface area contributed by atoms with Gasteiger partial charge in [-0.25, -0.2) is 5.48 Å². The Bertz CT molecular complexity index is 160. The quantitative estimate of drug-likeness (QED) is 0.434. The summed E-state index contributed by atoms with van der Waals surface area (Å²) in [6, 6.07) is 0. The van der Waals surface area contributed by atoms with Gasteiger partial charge in [-0.15, -0.1) is 0 Å². The second-order valence-electron chi connectivity index (χ2n) is 4.25. The maximum atomic E-state index is 11.2. The highest BCUT2D eigenvalue weighted by Gasteiger charge is 2.00. The van der Waals surface area contributed by atoms with Gasteiger partial charge in [0.25, 0.3) is 0 Å². The van der Waals surface area contributed by atoms with Crippen molar-refractivity contribution >= 4 is 5.91 Å². The number of hydrogen-bond acceptors (Lipinski definition) is 2. The van der Waals surface area contributed by atoms with Crippen molar-refractivity contribution in [1.82, 2.24) is 5.48 Å². The SMILES string of the molecule is CCCCCCCCCC(=O)NOCCC. The number of hydroxylamine groups is 1. The van der Waals surface area contributed by atoms with E-state index in [4.69, 9.17) is 4.84 Å². The Morgan fingerprint density at radius 2 is 1.56 bits per heavy atom. The van der Waals surface area contributed by atoms with Crippen LogP contribution in [0.25, 0.3) is 0 Å². The summed E-state index contributed by atoms with van der Waals surface area (Å²) < 4.78 is 0. The zero-order valence-corrected chi connectivity index (χ0v) is 10.9. The highest BCUT2D eigenvalue weighted by atomic mass is 16.6. The largest absolute Gasteiger partial charge is 0.274 e. The monoisotopic (exact) mass is 229 g/mol. The maximum Gasteiger partial charge on any atom is 0.243 e. The molecule has 3 heteroatoms. The fourth-order valence-corrected chi connectivity index (χ4v) is 1.53. The fraction of sp³-hybridized carbons (Fsp3) is 0.923. The maximum absolute atomic E-state index is 11.2. The molecule has 0 unspecified atom stereocenters. The molecule has 0 saturated heterocycles. The van der Waals surface area contributed by atoms with E-state index in [-0.39, 0.29) is 5.91 Å². The van der Waals surface area contributed by atoms with E-state index in [2.05, 4.69) is 12.4 Å². The summed E-state index contributed by atoms with van der Waals surface area (Å²) in [4.78, 5) is 16.2. The summed E-state index contributed by atoms with van der Waals surface area (Å²) >= 11 is 0. The van der Waals surface area contributed by atoms with Crippen LogP contribution in [0.2, 0.25) is 0 Å². The van der Waals surface area contributed by atoms with Crippen LogP contribution < -0.4 is 5.48 Å². The predicted octanol–water partition coefficient (Wildman–Crippen LogP) is 3.58. The third-order valence-corrected chi connectivity index (χ3v) is 2.50. The highest BCUT2D eigenvalue weighted by Crippen LogP contribution is 2.08. The first-order valence-corrected chi connectivity index (χ1v) is 6.71. The van der Waals surface area contributed by atoms with Gasteiger partial charge >= 0.3 is 0 Å². The smallest absolute Gasteiger partial charge is 0.243 e. The molecule has 1 amide bonds. The molecule has 0 rings (SSSR count). The first-order valence-electron chi connectivity index (χ1n) is 6.71. The molecule has 0 heterocycles. The van der Waals surface area contributed by atoms with E-state index in [1.165, 1.54) is 32.1 Å². The van der Waals surface area contributed by atoms with E-state index in [0.29, 0.717) is 13.0 Å². The second kappa shape index (κ2) is 12.5. The van der Waals surface area contributed by atoms with Crippen molar-refractivity contribution in [3.63, 3.8) is 0 Å². The average molecular weight is 229 g/mol. The van der Waals surface area contributed by atoms with Crippen LogP contribution in [-0.2, 0) is 9.63 Å². The van der Waals surface area contributed by atoms with Gasteiger partial charge in [0.05, 0.1) is 6.61 Å². The molecule has 0 atom stereocenters. The third kappa shape index (κ3) is 11.5. The van der Waals surface area contributed by atoms with Crippen molar-refractivity contribution in [2.45, 2.75) is 71.6 Å². The summed E-state index contributed by atoms with van der Waals surface area (Å²) in [5.74, 6) is 0.0157. The van der Waals surface area contributed by atoms with E-state index < -0.39 is 0 Å². The Kier molecular flexibility index (Phi) is 12.1. The van der Waals surface area contributed by atoms with E-state index in [0.717, 1.165) is 19.3 Å². The van der Waals surface area contributed by atoms with Crippen LogP contribution in [0.4, 0.5) is 0 Å². The normalized spacial score (nSPS) is 10.4. The summed E-state index contributed by atoms with van der Waals surface area (Å²) in [6.07, 6.45) is 10.2. The Labute approximate surface area is 99.9 Å². The highest BCUT2D eigenvalue weighted by molar-refractivity contribution is 5.74. The molecule has 0 aromatic heterocycles. The minimum atomic E-state index is 0.0157. The van der Waals surface area contributed by atoms with Crippen LogP contribution in [-0.4, -0.2) is 12.5 Å². The van der Waals surface area contributed by atoms with Crippen molar-refractivity contribution in [3.8, 4) is 0 Å². The fourth-order valence-electron chi connectivity index (χ4n) is 1.53. The van der Waals surface area contributed by atoms with Crippen LogP contribution in [0.5, 0.6) is 0 Å². The molecule has 0 radical (unpaired) electrons. The minimum absolute atomic E-state index is 0.0157. The predicted molar refractivity (Wildman–Crippen MR) is 67.0 cm³/mol. The first kappa shape index (κ1) is 15.4. The molecular weight excluding hydrogens is 202 g/mol. The molecule has 16 heavy (non-hydrogen) atoms. The minimum Gasteiger partial charge on any atom is -0.274 e. The molecule has 0 spiro atoms. The van der Waals surface area contributed by atoms with Gasteiger partial charge in [-0.05, 0) is 12.8 Å². The van der Waals surface area contributed by atoms with Crippen molar-refractivity contribution in [3.05, 3.63) is 0 Å². The molecule has 0 aliphatic rings. The van der Waals surface area contributed by atoms with Crippen molar-refractivity contribution in [2.75, 3.05) is 6.61 Å². The topological polar surface area (TPSA) is 38.3 Å². The van der Waals surface area contributed by atoms with Crippen LogP contribution in [0, 0.1) is 0 Å². The average Bonchev–Trinajstić information content (AvgIpc) is 2.28. The van der Waals surface area contributed by atoms with Gasteiger partial charge in [-0.2, -0.15) is 0 Å². The number of unbranched alkanes of at least 4 members (excludes halogenated alkanes) is 6. The van der Waals surface area contributed by atoms with E-state index in [1.54, 1.807) is 0 Å². The molecule has 0 aromatic rings. The molecular formula is C13H27NO2. The number of nitrogens with one attached hydrogen (secondary N) is 1. The third-order valence-electron chi connectivity index (χ3n) is 2.50. The molecule has 96 valence electrons. The van der Waals surface area contributed by atoms with Gasteiger partial charge in [-0.1, -0.05) is 52.4 Å². The van der Waals surface area contributed by atoms with Crippen molar-refractivity contribution in [1.29, 1.82) is 0 Å². The summed E-state index contributed by atoms with van der Waals surface area (Å²) in [6.45, 7) is 4.84. The van der Waals surface area contributed by atoms with E-state index in [1.807, 2.05) is 6.92 Å². The number of rotatable bonds is 11. The standard InChI is InChI=1S/C13H27NO2/c1-3-5-6-7-8-9-10-11-13(15)14-16-12-4-2/h3-12H2,1-2H3,(H,14,15). The van der Waals surface area contributed by atoms with Crippen LogP contribution in [0.15, 0.2) is 0 Å². The zero-order valence-electron chi connectivity index (χ0n) is 10.9. The van der Waals surface area contributed by atoms with Gasteiger partial charge in [0.1, 0.15) is 0 Å². The molecule has 0 saturated carbocycles. The Morgan fingerprint density at radius 3 is 2.19 bits per heavy atom. The molecule has 0 fully saturated rings. The zero-order chi connectivity index (χ0) is 12.1. The van der Waals surface area contributed by atoms with Crippen molar-refractivity contribution < 1.29 is 9.63 Å². The lowest BCUT2D eigenvalue weighted by Crippen LogP contribution is -2.23. The summed E-state index contributed by atoms with van der Waals surface area (Å²) in [5.41, 5.74) is 2.46. The Hall–Kier alpha value is -0.570. The number of carbonyl (C=O) groups is 1. The van der Waals surface area contributed by atoms with Crippen LogP contribution in [0.1, 0.15) is 71.6 Å². The molecule has 3 nitrogen and oxygen atoms in total. The molecule has 0 bridgehead atoms. The van der Waals surface area contributed by atoms with Crippen molar-refractivity contribution in [2.24, 2.45) is 0 Å². The number of amides is 1. The van der Waals surface area contributed by atoms with Gasteiger partial charge in [-0.3, -0.25) is 9.63 Å². The number of hydrogen-bond donors (Lipinski definition) is 1.